The van der Waals surface area contributed by atoms with Crippen molar-refractivity contribution in [2.24, 2.45) is 0 Å². The lowest BCUT2D eigenvalue weighted by atomic mass is 10.1. The van der Waals surface area contributed by atoms with Crippen molar-refractivity contribution < 1.29 is 5.11 Å². The molecule has 1 N–H and O–H groups in total. The smallest absolute Gasteiger partial charge is 0.131 e. The van der Waals surface area contributed by atoms with E-state index in [1.54, 1.807) is 6.20 Å². The van der Waals surface area contributed by atoms with E-state index in [0.717, 1.165) is 16.9 Å². The van der Waals surface area contributed by atoms with Gasteiger partial charge in [-0.05, 0) is 37.5 Å². The first-order valence-corrected chi connectivity index (χ1v) is 5.89. The van der Waals surface area contributed by atoms with Crippen LogP contribution in [-0.2, 0) is 6.61 Å². The van der Waals surface area contributed by atoms with Gasteiger partial charge in [0, 0.05) is 19.3 Å². The van der Waals surface area contributed by atoms with E-state index in [9.17, 15) is 0 Å². The lowest BCUT2D eigenvalue weighted by molar-refractivity contribution is 0.281. The fraction of sp³-hybridized carbons (Fsp3) is 0.615. The van der Waals surface area contributed by atoms with Crippen LogP contribution in [0.1, 0.15) is 37.8 Å². The molecule has 0 aliphatic heterocycles. The van der Waals surface area contributed by atoms with Gasteiger partial charge in [-0.25, -0.2) is 4.98 Å². The molecule has 1 aromatic rings. The first-order valence-electron chi connectivity index (χ1n) is 5.89. The highest BCUT2D eigenvalue weighted by Gasteiger charge is 2.12. The Bertz CT molecular complexity index is 339. The minimum Gasteiger partial charge on any atom is -0.392 e. The van der Waals surface area contributed by atoms with Gasteiger partial charge in [-0.3, -0.25) is 0 Å². The van der Waals surface area contributed by atoms with Crippen molar-refractivity contribution in [1.82, 2.24) is 4.98 Å². The molecular weight excluding hydrogens is 200 g/mol. The Balaban J connectivity index is 2.87. The summed E-state index contributed by atoms with van der Waals surface area (Å²) in [7, 11) is 2.08. The van der Waals surface area contributed by atoms with Gasteiger partial charge in [-0.2, -0.15) is 0 Å². The molecule has 1 heterocycles. The molecule has 1 atom stereocenters. The zero-order valence-corrected chi connectivity index (χ0v) is 10.7. The van der Waals surface area contributed by atoms with Crippen molar-refractivity contribution in [2.45, 2.75) is 46.3 Å². The molecule has 1 rings (SSSR count). The number of aliphatic hydroxyl groups excluding tert-OH is 1. The van der Waals surface area contributed by atoms with Crippen molar-refractivity contribution in [3.05, 3.63) is 23.4 Å². The molecule has 3 heteroatoms. The molecule has 0 fully saturated rings. The number of aliphatic hydroxyl groups is 1. The summed E-state index contributed by atoms with van der Waals surface area (Å²) in [6.45, 7) is 6.50. The number of rotatable bonds is 5. The summed E-state index contributed by atoms with van der Waals surface area (Å²) in [5, 5.41) is 9.03. The fourth-order valence-corrected chi connectivity index (χ4v) is 1.90. The number of hydrogen-bond donors (Lipinski definition) is 1. The quantitative estimate of drug-likeness (QED) is 0.831. The van der Waals surface area contributed by atoms with Gasteiger partial charge >= 0.3 is 0 Å². The summed E-state index contributed by atoms with van der Waals surface area (Å²) in [6.07, 6.45) is 4.09. The zero-order valence-electron chi connectivity index (χ0n) is 10.7. The van der Waals surface area contributed by atoms with Crippen LogP contribution >= 0.6 is 0 Å². The van der Waals surface area contributed by atoms with Crippen LogP contribution in [0.2, 0.25) is 0 Å². The molecule has 0 saturated carbocycles. The van der Waals surface area contributed by atoms with E-state index >= 15 is 0 Å². The van der Waals surface area contributed by atoms with E-state index in [4.69, 9.17) is 5.11 Å². The number of hydrogen-bond acceptors (Lipinski definition) is 3. The number of aromatic nitrogens is 1. The lowest BCUT2D eigenvalue weighted by Crippen LogP contribution is -2.30. The van der Waals surface area contributed by atoms with Crippen LogP contribution in [-0.4, -0.2) is 23.2 Å². The van der Waals surface area contributed by atoms with E-state index in [-0.39, 0.29) is 6.61 Å². The molecule has 0 aliphatic rings. The summed E-state index contributed by atoms with van der Waals surface area (Å²) in [5.41, 5.74) is 2.00. The second-order valence-corrected chi connectivity index (χ2v) is 4.39. The van der Waals surface area contributed by atoms with Crippen LogP contribution in [0.3, 0.4) is 0 Å². The molecule has 16 heavy (non-hydrogen) atoms. The molecule has 0 radical (unpaired) electrons. The molecule has 0 aliphatic carbocycles. The summed E-state index contributed by atoms with van der Waals surface area (Å²) in [6, 6.07) is 2.49. The monoisotopic (exact) mass is 222 g/mol. The molecule has 0 amide bonds. The van der Waals surface area contributed by atoms with Crippen LogP contribution < -0.4 is 4.90 Å². The van der Waals surface area contributed by atoms with E-state index in [1.165, 1.54) is 12.8 Å². The van der Waals surface area contributed by atoms with E-state index < -0.39 is 0 Å². The maximum Gasteiger partial charge on any atom is 0.131 e. The zero-order chi connectivity index (χ0) is 12.1. The molecule has 90 valence electrons. The van der Waals surface area contributed by atoms with Gasteiger partial charge in [0.2, 0.25) is 0 Å². The van der Waals surface area contributed by atoms with Crippen molar-refractivity contribution in [3.63, 3.8) is 0 Å². The maximum absolute atomic E-state index is 9.03. The highest BCUT2D eigenvalue weighted by molar-refractivity contribution is 5.47. The minimum atomic E-state index is 0.0579. The third-order valence-electron chi connectivity index (χ3n) is 2.99. The van der Waals surface area contributed by atoms with E-state index in [2.05, 4.69) is 30.8 Å². The van der Waals surface area contributed by atoms with Crippen molar-refractivity contribution >= 4 is 5.82 Å². The molecule has 1 unspecified atom stereocenters. The second kappa shape index (κ2) is 5.85. The topological polar surface area (TPSA) is 36.4 Å². The average Bonchev–Trinajstić information content (AvgIpc) is 2.28. The van der Waals surface area contributed by atoms with Crippen molar-refractivity contribution in [3.8, 4) is 0 Å². The van der Waals surface area contributed by atoms with Gasteiger partial charge in [-0.1, -0.05) is 13.3 Å². The van der Waals surface area contributed by atoms with Crippen LogP contribution in [0, 0.1) is 6.92 Å². The number of nitrogens with zero attached hydrogens (tertiary/aromatic N) is 2. The van der Waals surface area contributed by atoms with Gasteiger partial charge in [0.25, 0.3) is 0 Å². The Morgan fingerprint density at radius 1 is 1.50 bits per heavy atom. The van der Waals surface area contributed by atoms with Gasteiger partial charge < -0.3 is 10.0 Å². The number of pyridine rings is 1. The standard InChI is InChI=1S/C13H22N2O/c1-5-6-11(3)15(4)13-10(2)7-12(9-16)8-14-13/h7-8,11,16H,5-6,9H2,1-4H3. The van der Waals surface area contributed by atoms with Crippen molar-refractivity contribution in [2.75, 3.05) is 11.9 Å². The third-order valence-corrected chi connectivity index (χ3v) is 2.99. The predicted octanol–water partition coefficient (Wildman–Crippen LogP) is 2.51. The Morgan fingerprint density at radius 2 is 2.19 bits per heavy atom. The van der Waals surface area contributed by atoms with Gasteiger partial charge in [0.15, 0.2) is 0 Å². The lowest BCUT2D eigenvalue weighted by Gasteiger charge is -2.27. The Hall–Kier alpha value is -1.09. The van der Waals surface area contributed by atoms with Gasteiger partial charge in [0.05, 0.1) is 6.61 Å². The summed E-state index contributed by atoms with van der Waals surface area (Å²) in [5.74, 6) is 1.01. The first kappa shape index (κ1) is 13.0. The average molecular weight is 222 g/mol. The third kappa shape index (κ3) is 2.95. The van der Waals surface area contributed by atoms with Gasteiger partial charge in [0.1, 0.15) is 5.82 Å². The van der Waals surface area contributed by atoms with Crippen LogP contribution in [0.25, 0.3) is 0 Å². The highest BCUT2D eigenvalue weighted by Crippen LogP contribution is 2.20. The highest BCUT2D eigenvalue weighted by atomic mass is 16.3. The number of aryl methyl sites for hydroxylation is 1. The maximum atomic E-state index is 9.03. The summed E-state index contributed by atoms with van der Waals surface area (Å²) in [4.78, 5) is 6.63. The van der Waals surface area contributed by atoms with E-state index in [1.807, 2.05) is 13.0 Å². The first-order chi connectivity index (χ1) is 7.60. The minimum absolute atomic E-state index is 0.0579. The Kier molecular flexibility index (Phi) is 4.74. The molecule has 0 spiro atoms. The fourth-order valence-electron chi connectivity index (χ4n) is 1.90. The molecule has 3 nitrogen and oxygen atoms in total. The Labute approximate surface area is 98.1 Å². The molecule has 0 bridgehead atoms. The van der Waals surface area contributed by atoms with Crippen molar-refractivity contribution in [1.29, 1.82) is 0 Å². The number of anilines is 1. The predicted molar refractivity (Wildman–Crippen MR) is 67.7 cm³/mol. The van der Waals surface area contributed by atoms with Gasteiger partial charge in [-0.15, -0.1) is 0 Å². The molecule has 1 aromatic heterocycles. The molecule has 0 saturated heterocycles. The SMILES string of the molecule is CCCC(C)N(C)c1ncc(CO)cc1C. The second-order valence-electron chi connectivity index (χ2n) is 4.39. The molecular formula is C13H22N2O. The van der Waals surface area contributed by atoms with Crippen LogP contribution in [0.15, 0.2) is 12.3 Å². The summed E-state index contributed by atoms with van der Waals surface area (Å²) < 4.78 is 0. The van der Waals surface area contributed by atoms with Crippen LogP contribution in [0.5, 0.6) is 0 Å². The molecule has 0 aromatic carbocycles. The largest absolute Gasteiger partial charge is 0.392 e. The van der Waals surface area contributed by atoms with E-state index in [0.29, 0.717) is 6.04 Å². The normalized spacial score (nSPS) is 12.6. The summed E-state index contributed by atoms with van der Waals surface area (Å²) >= 11 is 0. The Morgan fingerprint density at radius 3 is 2.69 bits per heavy atom. The van der Waals surface area contributed by atoms with Crippen LogP contribution in [0.4, 0.5) is 5.82 Å².